The van der Waals surface area contributed by atoms with Crippen LogP contribution in [0.2, 0.25) is 9.36 Å². The Hall–Kier alpha value is -4.39. The number of rotatable bonds is 11. The molecule has 0 radical (unpaired) electrons. The van der Waals surface area contributed by atoms with Crippen molar-refractivity contribution in [2.75, 3.05) is 30.0 Å². The zero-order valence-corrected chi connectivity index (χ0v) is 29.4. The number of aliphatic imine (C=N–C) groups is 1. The van der Waals surface area contributed by atoms with Gasteiger partial charge in [-0.25, -0.2) is 9.37 Å². The summed E-state index contributed by atoms with van der Waals surface area (Å²) < 4.78 is 19.2. The van der Waals surface area contributed by atoms with Crippen LogP contribution in [0.4, 0.5) is 15.3 Å². The molecule has 2 aromatic heterocycles. The van der Waals surface area contributed by atoms with E-state index in [2.05, 4.69) is 20.4 Å². The molecule has 262 valence electrons. The molecule has 1 aromatic carbocycles. The Bertz CT molecular complexity index is 2010. The molecule has 20 heteroatoms. The molecule has 1 saturated heterocycles. The Balaban J connectivity index is 1.06. The maximum Gasteiger partial charge on any atom is 0.276 e. The topological polar surface area (TPSA) is 200 Å². The Morgan fingerprint density at radius 2 is 2.06 bits per heavy atom. The molecule has 2 atom stereocenters. The summed E-state index contributed by atoms with van der Waals surface area (Å²) in [7, 11) is 1.23. The molecule has 1 saturated carbocycles. The lowest BCUT2D eigenvalue weighted by Gasteiger charge is -2.50. The quantitative estimate of drug-likeness (QED) is 0.0817. The van der Waals surface area contributed by atoms with Crippen molar-refractivity contribution in [1.82, 2.24) is 19.9 Å². The van der Waals surface area contributed by atoms with Gasteiger partial charge in [0.2, 0.25) is 0 Å². The Kier molecular flexibility index (Phi) is 9.12. The fourth-order valence-corrected chi connectivity index (χ4v) is 8.63. The highest BCUT2D eigenvalue weighted by atomic mass is 35.5. The first-order valence-electron chi connectivity index (χ1n) is 15.3. The van der Waals surface area contributed by atoms with E-state index < -0.39 is 35.0 Å². The van der Waals surface area contributed by atoms with E-state index in [0.29, 0.717) is 29.8 Å². The first-order chi connectivity index (χ1) is 23.9. The zero-order valence-electron chi connectivity index (χ0n) is 26.3. The minimum atomic E-state index is -1.51. The normalized spacial score (nSPS) is 20.5. The molecule has 2 fully saturated rings. The van der Waals surface area contributed by atoms with E-state index in [-0.39, 0.29) is 62.3 Å². The maximum atomic E-state index is 15.3. The Morgan fingerprint density at radius 3 is 2.72 bits per heavy atom. The summed E-state index contributed by atoms with van der Waals surface area (Å²) in [6.45, 7) is 1.45. The van der Waals surface area contributed by atoms with E-state index in [1.165, 1.54) is 24.9 Å². The predicted octanol–water partition coefficient (Wildman–Crippen LogP) is 0.603. The van der Waals surface area contributed by atoms with Gasteiger partial charge in [-0.3, -0.25) is 19.5 Å². The van der Waals surface area contributed by atoms with Crippen LogP contribution >= 0.6 is 46.3 Å². The second kappa shape index (κ2) is 13.4. The van der Waals surface area contributed by atoms with Crippen LogP contribution in [-0.2, 0) is 38.9 Å². The number of oxime groups is 1. The van der Waals surface area contributed by atoms with Crippen LogP contribution in [0.15, 0.2) is 45.8 Å². The third-order valence-electron chi connectivity index (χ3n) is 8.63. The number of hydrogen-bond acceptors (Lipinski definition) is 12. The number of nitrogens with zero attached hydrogens (tertiary/aromatic N) is 7. The van der Waals surface area contributed by atoms with Gasteiger partial charge < -0.3 is 36.4 Å². The summed E-state index contributed by atoms with van der Waals surface area (Å²) in [4.78, 5) is 55.2. The van der Waals surface area contributed by atoms with Crippen molar-refractivity contribution in [2.45, 2.75) is 49.9 Å². The van der Waals surface area contributed by atoms with E-state index in [1.54, 1.807) is 12.3 Å². The van der Waals surface area contributed by atoms with Crippen molar-refractivity contribution in [3.8, 4) is 0 Å². The lowest BCUT2D eigenvalue weighted by Crippen LogP contribution is -2.71. The first kappa shape index (κ1) is 34.1. The van der Waals surface area contributed by atoms with Crippen LogP contribution in [-0.4, -0.2) is 80.8 Å². The number of carboxylic acid groups (broad SMARTS) is 1. The Labute approximate surface area is 302 Å². The lowest BCUT2D eigenvalue weighted by molar-refractivity contribution is -0.766. The summed E-state index contributed by atoms with van der Waals surface area (Å²) in [5.74, 6) is -2.12. The minimum Gasteiger partial charge on any atom is -0.543 e. The number of thiazole rings is 1. The van der Waals surface area contributed by atoms with Crippen LogP contribution in [0.5, 0.6) is 0 Å². The number of aliphatic carboxylic acids is 1. The number of carbonyl (C=O) groups excluding carboxylic acids is 3. The van der Waals surface area contributed by atoms with Crippen LogP contribution in [0.1, 0.15) is 29.7 Å². The number of thioether (sulfide) groups is 1. The van der Waals surface area contributed by atoms with Gasteiger partial charge in [0.25, 0.3) is 11.8 Å². The molecule has 15 nitrogen and oxygen atoms in total. The van der Waals surface area contributed by atoms with Gasteiger partial charge in [-0.05, 0) is 25.0 Å². The van der Waals surface area contributed by atoms with Gasteiger partial charge in [-0.1, -0.05) is 39.7 Å². The fourth-order valence-electron chi connectivity index (χ4n) is 6.10. The van der Waals surface area contributed by atoms with Crippen LogP contribution in [0.3, 0.4) is 0 Å². The number of nitrogens with two attached hydrogens (primary N) is 2. The standard InChI is InChI=1S/C30H29Cl2FN10O5S2/c1-48-39-21(20-24(32)50-30(35)38-20)26(44)37-22-27(45)43-23(29(46)47)14(12-49-28(22)43)10-41-5-4-19-40(6-7-42(19)41)11-16-17(31)8-13(9-18(16)33)25(34)36-15-2-3-15/h4-5,8-9,15,22,28H,2-3,6-7,10-12H2,1H3,(H5-,34,35,36,37,38,44,46,47)/b39-21-/t22-,28-/m1/s1. The average molecular weight is 764 g/mol. The molecule has 3 aromatic rings. The van der Waals surface area contributed by atoms with Crippen molar-refractivity contribution < 1.29 is 33.4 Å². The number of aromatic nitrogens is 3. The molecule has 5 N–H and O–H groups in total. The summed E-state index contributed by atoms with van der Waals surface area (Å²) in [5.41, 5.74) is 12.4. The number of nitrogens with one attached hydrogen (secondary N) is 1. The van der Waals surface area contributed by atoms with Crippen LogP contribution in [0.25, 0.3) is 0 Å². The smallest absolute Gasteiger partial charge is 0.276 e. The van der Waals surface area contributed by atoms with E-state index in [9.17, 15) is 19.5 Å². The van der Waals surface area contributed by atoms with Crippen molar-refractivity contribution >= 4 is 86.6 Å². The van der Waals surface area contributed by atoms with E-state index in [0.717, 1.165) is 34.9 Å². The van der Waals surface area contributed by atoms with Gasteiger partial charge >= 0.3 is 0 Å². The molecule has 0 spiro atoms. The molecule has 7 rings (SSSR count). The summed E-state index contributed by atoms with van der Waals surface area (Å²) >= 11 is 14.9. The number of anilines is 2. The molecular weight excluding hydrogens is 734 g/mol. The van der Waals surface area contributed by atoms with E-state index in [4.69, 9.17) is 39.5 Å². The van der Waals surface area contributed by atoms with Crippen LogP contribution < -0.4 is 31.5 Å². The van der Waals surface area contributed by atoms with Gasteiger partial charge in [0.15, 0.2) is 29.4 Å². The van der Waals surface area contributed by atoms with Crippen molar-refractivity contribution in [3.05, 3.63) is 67.7 Å². The highest BCUT2D eigenvalue weighted by Crippen LogP contribution is 2.40. The molecule has 0 unspecified atom stereocenters. The minimum absolute atomic E-state index is 0.00758. The molecule has 4 aliphatic rings. The van der Waals surface area contributed by atoms with Crippen molar-refractivity contribution in [2.24, 2.45) is 15.9 Å². The van der Waals surface area contributed by atoms with Gasteiger partial charge in [0.1, 0.15) is 40.2 Å². The largest absolute Gasteiger partial charge is 0.543 e. The first-order valence-corrected chi connectivity index (χ1v) is 17.9. The average Bonchev–Trinajstić information content (AvgIpc) is 3.51. The molecular formula is C30H29Cl2FN10O5S2. The number of nitrogen functional groups attached to an aromatic ring is 1. The zero-order chi connectivity index (χ0) is 35.4. The second-order valence-corrected chi connectivity index (χ2v) is 15.0. The number of benzene rings is 1. The number of amidine groups is 1. The maximum absolute atomic E-state index is 15.3. The third-order valence-corrected chi connectivity index (χ3v) is 11.4. The van der Waals surface area contributed by atoms with Gasteiger partial charge in [-0.2, -0.15) is 0 Å². The number of carboxylic acids is 1. The number of β-lactam (4-membered cyclic amide) rings is 1. The monoisotopic (exact) mass is 762 g/mol. The molecule has 5 heterocycles. The summed E-state index contributed by atoms with van der Waals surface area (Å²) in [6, 6.07) is 3.97. The predicted molar refractivity (Wildman–Crippen MR) is 183 cm³/mol. The van der Waals surface area contributed by atoms with E-state index >= 15 is 4.39 Å². The van der Waals surface area contributed by atoms with Gasteiger partial charge in [-0.15, -0.1) is 21.1 Å². The number of amides is 2. The number of fused-ring (bicyclic) bond motifs is 2. The van der Waals surface area contributed by atoms with Gasteiger partial charge in [0, 0.05) is 40.6 Å². The Morgan fingerprint density at radius 1 is 1.28 bits per heavy atom. The molecule has 50 heavy (non-hydrogen) atoms. The van der Waals surface area contributed by atoms with Crippen molar-refractivity contribution in [1.29, 1.82) is 0 Å². The van der Waals surface area contributed by atoms with E-state index in [1.807, 2.05) is 20.3 Å². The van der Waals surface area contributed by atoms with Crippen molar-refractivity contribution in [3.63, 3.8) is 0 Å². The number of carbonyl (C=O) groups is 3. The molecule has 0 bridgehead atoms. The molecule has 2 amide bonds. The lowest BCUT2D eigenvalue weighted by atomic mass is 10.0. The summed E-state index contributed by atoms with van der Waals surface area (Å²) in [5, 5.41) is 18.4. The second-order valence-electron chi connectivity index (χ2n) is 11.9. The highest BCUT2D eigenvalue weighted by Gasteiger charge is 2.53. The number of hydrogen-bond donors (Lipinski definition) is 3. The van der Waals surface area contributed by atoms with Gasteiger partial charge in [0.05, 0.1) is 30.3 Å². The molecule has 1 aliphatic carbocycles. The fraction of sp³-hybridized carbons (Fsp3) is 0.367. The SMILES string of the molecule is CO/N=C(\C(=O)N[C@@H]1C(=O)N2C(C(=O)[O-])=C(C[n+]3ccc4n3CCN4Cc3c(F)cc(C(N)=NC4CC4)cc3Cl)CS[C@H]12)c1nc(N)sc1Cl. The van der Waals surface area contributed by atoms with Crippen LogP contribution in [0, 0.1) is 5.82 Å². The highest BCUT2D eigenvalue weighted by molar-refractivity contribution is 8.00. The molecule has 3 aliphatic heterocycles. The summed E-state index contributed by atoms with van der Waals surface area (Å²) in [6.07, 6.45) is 3.74. The number of halogens is 3. The third kappa shape index (κ3) is 6.24.